The van der Waals surface area contributed by atoms with Gasteiger partial charge in [-0.1, -0.05) is 13.0 Å². The first kappa shape index (κ1) is 24.8. The van der Waals surface area contributed by atoms with Gasteiger partial charge in [0.2, 0.25) is 0 Å². The van der Waals surface area contributed by atoms with Gasteiger partial charge in [0, 0.05) is 28.6 Å². The Hall–Kier alpha value is -3.29. The van der Waals surface area contributed by atoms with Crippen LogP contribution in [0.5, 0.6) is 11.5 Å². The smallest absolute Gasteiger partial charge is 0.337 e. The van der Waals surface area contributed by atoms with E-state index < -0.39 is 23.8 Å². The summed E-state index contributed by atoms with van der Waals surface area (Å²) < 4.78 is 21.9. The molecule has 0 saturated heterocycles. The highest BCUT2D eigenvalue weighted by atomic mass is 16.5. The maximum atomic E-state index is 13.9. The number of methoxy groups -OCH3 is 3. The number of hydrogen-bond donors (Lipinski definition) is 1. The fourth-order valence-electron chi connectivity index (χ4n) is 5.54. The second-order valence-corrected chi connectivity index (χ2v) is 9.46. The van der Waals surface area contributed by atoms with Gasteiger partial charge in [-0.3, -0.25) is 9.59 Å². The number of nitrogens with one attached hydrogen (secondary N) is 1. The first-order valence-corrected chi connectivity index (χ1v) is 12.1. The predicted octanol–water partition coefficient (Wildman–Crippen LogP) is 3.80. The number of ketones is 1. The van der Waals surface area contributed by atoms with Crippen LogP contribution in [0.2, 0.25) is 0 Å². The van der Waals surface area contributed by atoms with Gasteiger partial charge in [0.1, 0.15) is 23.5 Å². The highest BCUT2D eigenvalue weighted by Gasteiger charge is 2.48. The van der Waals surface area contributed by atoms with E-state index in [-0.39, 0.29) is 17.8 Å². The molecule has 1 saturated carbocycles. The minimum atomic E-state index is -0.946. The molecule has 1 aromatic rings. The Morgan fingerprint density at radius 3 is 2.40 bits per heavy atom. The lowest BCUT2D eigenvalue weighted by Crippen LogP contribution is -2.43. The summed E-state index contributed by atoms with van der Waals surface area (Å²) in [5.41, 5.74) is 2.70. The quantitative estimate of drug-likeness (QED) is 0.482. The van der Waals surface area contributed by atoms with Crippen LogP contribution in [-0.2, 0) is 23.9 Å². The van der Waals surface area contributed by atoms with Crippen molar-refractivity contribution in [3.8, 4) is 11.5 Å². The summed E-state index contributed by atoms with van der Waals surface area (Å²) in [4.78, 5) is 40.0. The van der Waals surface area contributed by atoms with Crippen LogP contribution in [0.1, 0.15) is 57.4 Å². The van der Waals surface area contributed by atoms with E-state index in [1.807, 2.05) is 13.8 Å². The van der Waals surface area contributed by atoms with Crippen molar-refractivity contribution in [3.05, 3.63) is 46.3 Å². The standard InChI is InChI=1S/C27H33NO7/c1-14-12-19-24(25(29)21(14)26(30)34-5)23(18-11-10-17(32-3)13-20(18)33-4)22(15(2)28-19)27(31)35-16-8-6-7-9-16/h10-11,13-14,16,21,23,28H,6-9,12H2,1-5H3/t14-,21-,23-/m1/s1. The van der Waals surface area contributed by atoms with Crippen LogP contribution in [0.3, 0.4) is 0 Å². The van der Waals surface area contributed by atoms with Gasteiger partial charge in [-0.05, 0) is 51.0 Å². The van der Waals surface area contributed by atoms with E-state index in [1.54, 1.807) is 25.3 Å². The lowest BCUT2D eigenvalue weighted by Gasteiger charge is -2.38. The summed E-state index contributed by atoms with van der Waals surface area (Å²) in [5.74, 6) is -2.28. The molecule has 8 heteroatoms. The van der Waals surface area contributed by atoms with Gasteiger partial charge < -0.3 is 24.3 Å². The van der Waals surface area contributed by atoms with Crippen molar-refractivity contribution in [1.29, 1.82) is 0 Å². The third kappa shape index (κ3) is 4.54. The summed E-state index contributed by atoms with van der Waals surface area (Å²) >= 11 is 0. The highest BCUT2D eigenvalue weighted by Crippen LogP contribution is 2.48. The Bertz CT molecular complexity index is 1100. The fourth-order valence-corrected chi connectivity index (χ4v) is 5.54. The molecule has 4 rings (SSSR count). The minimum Gasteiger partial charge on any atom is -0.497 e. The van der Waals surface area contributed by atoms with Gasteiger partial charge in [-0.15, -0.1) is 0 Å². The third-order valence-electron chi connectivity index (χ3n) is 7.29. The molecule has 0 amide bonds. The first-order valence-electron chi connectivity index (χ1n) is 12.1. The Labute approximate surface area is 205 Å². The second kappa shape index (κ2) is 10.1. The number of carbonyl (C=O) groups excluding carboxylic acids is 3. The van der Waals surface area contributed by atoms with E-state index in [0.717, 1.165) is 25.7 Å². The van der Waals surface area contributed by atoms with Gasteiger partial charge in [-0.2, -0.15) is 0 Å². The molecule has 35 heavy (non-hydrogen) atoms. The van der Waals surface area contributed by atoms with Crippen LogP contribution in [0.25, 0.3) is 0 Å². The molecule has 1 aliphatic heterocycles. The first-order chi connectivity index (χ1) is 16.8. The molecule has 3 atom stereocenters. The zero-order valence-electron chi connectivity index (χ0n) is 20.9. The van der Waals surface area contributed by atoms with Crippen LogP contribution in [-0.4, -0.2) is 45.2 Å². The average molecular weight is 484 g/mol. The Kier molecular flexibility index (Phi) is 7.19. The molecule has 1 aromatic carbocycles. The molecular weight excluding hydrogens is 450 g/mol. The molecule has 1 N–H and O–H groups in total. The molecule has 2 aliphatic carbocycles. The van der Waals surface area contributed by atoms with Crippen molar-refractivity contribution in [2.24, 2.45) is 11.8 Å². The van der Waals surface area contributed by atoms with Crippen molar-refractivity contribution in [1.82, 2.24) is 5.32 Å². The highest BCUT2D eigenvalue weighted by molar-refractivity contribution is 6.12. The number of rotatable bonds is 6. The van der Waals surface area contributed by atoms with Gasteiger partial charge in [0.05, 0.1) is 32.8 Å². The Balaban J connectivity index is 1.86. The largest absolute Gasteiger partial charge is 0.497 e. The molecular formula is C27H33NO7. The normalized spacial score (nSPS) is 24.6. The summed E-state index contributed by atoms with van der Waals surface area (Å²) in [6.07, 6.45) is 4.04. The molecule has 0 aromatic heterocycles. The zero-order chi connectivity index (χ0) is 25.3. The SMILES string of the molecule is COC(=O)[C@H]1C(=O)C2=C(C[C@H]1C)NC(C)=C(C(=O)OC1CCCC1)[C@H]2c1ccc(OC)cc1OC. The average Bonchev–Trinajstić information content (AvgIpc) is 3.35. The zero-order valence-corrected chi connectivity index (χ0v) is 20.9. The number of hydrogen-bond acceptors (Lipinski definition) is 8. The molecule has 1 heterocycles. The molecule has 1 fully saturated rings. The maximum absolute atomic E-state index is 13.9. The van der Waals surface area contributed by atoms with Crippen LogP contribution in [0, 0.1) is 11.8 Å². The van der Waals surface area contributed by atoms with Gasteiger partial charge in [0.15, 0.2) is 5.78 Å². The van der Waals surface area contributed by atoms with Crippen molar-refractivity contribution in [2.45, 2.75) is 58.0 Å². The van der Waals surface area contributed by atoms with Crippen LogP contribution < -0.4 is 14.8 Å². The lowest BCUT2D eigenvalue weighted by atomic mass is 9.69. The number of ether oxygens (including phenoxy) is 4. The molecule has 3 aliphatic rings. The summed E-state index contributed by atoms with van der Waals surface area (Å²) in [6.45, 7) is 3.68. The molecule has 8 nitrogen and oxygen atoms in total. The van der Waals surface area contributed by atoms with Crippen molar-refractivity contribution in [2.75, 3.05) is 21.3 Å². The van der Waals surface area contributed by atoms with Gasteiger partial charge in [-0.25, -0.2) is 4.79 Å². The predicted molar refractivity (Wildman–Crippen MR) is 128 cm³/mol. The molecule has 0 spiro atoms. The van der Waals surface area contributed by atoms with E-state index in [1.165, 1.54) is 14.2 Å². The summed E-state index contributed by atoms with van der Waals surface area (Å²) in [5, 5.41) is 3.29. The third-order valence-corrected chi connectivity index (χ3v) is 7.29. The van der Waals surface area contributed by atoms with Gasteiger partial charge in [0.25, 0.3) is 0 Å². The molecule has 0 unspecified atom stereocenters. The lowest BCUT2D eigenvalue weighted by molar-refractivity contribution is -0.151. The molecule has 0 radical (unpaired) electrons. The maximum Gasteiger partial charge on any atom is 0.337 e. The van der Waals surface area contributed by atoms with E-state index in [9.17, 15) is 14.4 Å². The second-order valence-electron chi connectivity index (χ2n) is 9.46. The number of Topliss-reactive ketones (excluding diaryl/α,β-unsaturated/α-hetero) is 1. The minimum absolute atomic E-state index is 0.138. The number of allylic oxidation sites excluding steroid dienone is 3. The summed E-state index contributed by atoms with van der Waals surface area (Å²) in [7, 11) is 4.37. The number of benzene rings is 1. The fraction of sp³-hybridized carbons (Fsp3) is 0.519. The van der Waals surface area contributed by atoms with Crippen molar-refractivity contribution in [3.63, 3.8) is 0 Å². The van der Waals surface area contributed by atoms with E-state index in [4.69, 9.17) is 18.9 Å². The topological polar surface area (TPSA) is 100 Å². The molecule has 0 bridgehead atoms. The van der Waals surface area contributed by atoms with Crippen molar-refractivity contribution >= 4 is 17.7 Å². The Morgan fingerprint density at radius 2 is 1.77 bits per heavy atom. The number of dihydropyridines is 1. The monoisotopic (exact) mass is 483 g/mol. The number of esters is 2. The van der Waals surface area contributed by atoms with Crippen LogP contribution in [0.15, 0.2) is 40.7 Å². The van der Waals surface area contributed by atoms with Crippen LogP contribution in [0.4, 0.5) is 0 Å². The Morgan fingerprint density at radius 1 is 1.06 bits per heavy atom. The van der Waals surface area contributed by atoms with Crippen LogP contribution >= 0.6 is 0 Å². The van der Waals surface area contributed by atoms with Crippen molar-refractivity contribution < 1.29 is 33.3 Å². The van der Waals surface area contributed by atoms with E-state index in [2.05, 4.69) is 5.32 Å². The van der Waals surface area contributed by atoms with Gasteiger partial charge >= 0.3 is 11.9 Å². The van der Waals surface area contributed by atoms with E-state index >= 15 is 0 Å². The van der Waals surface area contributed by atoms with E-state index in [0.29, 0.717) is 46.0 Å². The number of carbonyl (C=O) groups is 3. The summed E-state index contributed by atoms with van der Waals surface area (Å²) in [6, 6.07) is 5.29. The molecule has 188 valence electrons.